The molecule has 0 saturated carbocycles. The highest BCUT2D eigenvalue weighted by Gasteiger charge is 2.16. The SMILES string of the molecule is Cc1ccc(F)cc1-n1c(CCl)nc2cc(I)c(F)cc21. The summed E-state index contributed by atoms with van der Waals surface area (Å²) < 4.78 is 29.7. The number of aromatic nitrogens is 2. The first-order chi connectivity index (χ1) is 10.0. The number of aryl methyl sites for hydroxylation is 1. The summed E-state index contributed by atoms with van der Waals surface area (Å²) in [5.41, 5.74) is 2.70. The number of fused-ring (bicyclic) bond motifs is 1. The summed E-state index contributed by atoms with van der Waals surface area (Å²) in [7, 11) is 0. The molecule has 1 aromatic heterocycles. The Balaban J connectivity index is 2.40. The fourth-order valence-electron chi connectivity index (χ4n) is 2.30. The summed E-state index contributed by atoms with van der Waals surface area (Å²) in [6, 6.07) is 7.54. The number of imidazole rings is 1. The molecule has 1 heterocycles. The minimum Gasteiger partial charge on any atom is -0.295 e. The molecule has 0 amide bonds. The van der Waals surface area contributed by atoms with E-state index >= 15 is 0 Å². The molecule has 3 aromatic rings. The first-order valence-corrected chi connectivity index (χ1v) is 7.81. The van der Waals surface area contributed by atoms with Gasteiger partial charge in [-0.05, 0) is 53.3 Å². The van der Waals surface area contributed by atoms with Crippen molar-refractivity contribution in [2.24, 2.45) is 0 Å². The van der Waals surface area contributed by atoms with Gasteiger partial charge in [-0.15, -0.1) is 11.6 Å². The Morgan fingerprint density at radius 2 is 2.00 bits per heavy atom. The average molecular weight is 419 g/mol. The van der Waals surface area contributed by atoms with Gasteiger partial charge in [0.25, 0.3) is 0 Å². The third kappa shape index (κ3) is 2.53. The largest absolute Gasteiger partial charge is 0.295 e. The number of alkyl halides is 1. The zero-order valence-corrected chi connectivity index (χ0v) is 13.9. The van der Waals surface area contributed by atoms with Crippen molar-refractivity contribution in [2.75, 3.05) is 0 Å². The number of rotatable bonds is 2. The summed E-state index contributed by atoms with van der Waals surface area (Å²) in [6.45, 7) is 1.86. The third-order valence-corrected chi connectivity index (χ3v) is 4.36. The Bertz CT molecular complexity index is 845. The first-order valence-electron chi connectivity index (χ1n) is 6.20. The van der Waals surface area contributed by atoms with Gasteiger partial charge in [-0.3, -0.25) is 4.57 Å². The van der Waals surface area contributed by atoms with E-state index in [4.69, 9.17) is 11.6 Å². The van der Waals surface area contributed by atoms with Crippen LogP contribution in [-0.4, -0.2) is 9.55 Å². The monoisotopic (exact) mass is 418 g/mol. The highest BCUT2D eigenvalue weighted by molar-refractivity contribution is 14.1. The molecule has 0 unspecified atom stereocenters. The molecule has 0 aliphatic heterocycles. The summed E-state index contributed by atoms with van der Waals surface area (Å²) in [4.78, 5) is 4.42. The van der Waals surface area contributed by atoms with E-state index in [1.54, 1.807) is 16.7 Å². The van der Waals surface area contributed by atoms with Crippen LogP contribution >= 0.6 is 34.2 Å². The molecule has 0 saturated heterocycles. The van der Waals surface area contributed by atoms with Crippen molar-refractivity contribution in [3.8, 4) is 5.69 Å². The van der Waals surface area contributed by atoms with Gasteiger partial charge in [0.05, 0.1) is 26.2 Å². The second-order valence-electron chi connectivity index (χ2n) is 4.68. The fourth-order valence-corrected chi connectivity index (χ4v) is 2.93. The van der Waals surface area contributed by atoms with Crippen molar-refractivity contribution in [3.63, 3.8) is 0 Å². The fraction of sp³-hybridized carbons (Fsp3) is 0.133. The van der Waals surface area contributed by atoms with Crippen molar-refractivity contribution in [2.45, 2.75) is 12.8 Å². The van der Waals surface area contributed by atoms with Gasteiger partial charge in [0.15, 0.2) is 0 Å². The lowest BCUT2D eigenvalue weighted by Gasteiger charge is -2.11. The van der Waals surface area contributed by atoms with Crippen LogP contribution < -0.4 is 0 Å². The van der Waals surface area contributed by atoms with Crippen LogP contribution in [-0.2, 0) is 5.88 Å². The molecule has 0 atom stereocenters. The van der Waals surface area contributed by atoms with E-state index < -0.39 is 0 Å². The van der Waals surface area contributed by atoms with Crippen LogP contribution in [0.5, 0.6) is 0 Å². The first kappa shape index (κ1) is 14.7. The van der Waals surface area contributed by atoms with Crippen LogP contribution in [0.1, 0.15) is 11.4 Å². The summed E-state index contributed by atoms with van der Waals surface area (Å²) >= 11 is 7.87. The zero-order valence-electron chi connectivity index (χ0n) is 11.0. The smallest absolute Gasteiger partial charge is 0.138 e. The topological polar surface area (TPSA) is 17.8 Å². The van der Waals surface area contributed by atoms with Crippen LogP contribution in [0.15, 0.2) is 30.3 Å². The Morgan fingerprint density at radius 1 is 1.24 bits per heavy atom. The zero-order chi connectivity index (χ0) is 15.1. The van der Waals surface area contributed by atoms with Crippen LogP contribution in [0.25, 0.3) is 16.7 Å². The average Bonchev–Trinajstić information content (AvgIpc) is 2.79. The lowest BCUT2D eigenvalue weighted by atomic mass is 10.2. The van der Waals surface area contributed by atoms with E-state index in [-0.39, 0.29) is 17.5 Å². The van der Waals surface area contributed by atoms with E-state index in [9.17, 15) is 8.78 Å². The van der Waals surface area contributed by atoms with Crippen molar-refractivity contribution in [1.29, 1.82) is 0 Å². The van der Waals surface area contributed by atoms with Gasteiger partial charge in [0.2, 0.25) is 0 Å². The minimum atomic E-state index is -0.357. The number of hydrogen-bond donors (Lipinski definition) is 0. The van der Waals surface area contributed by atoms with E-state index in [1.807, 2.05) is 29.5 Å². The molecule has 6 heteroatoms. The Labute approximate surface area is 138 Å². The van der Waals surface area contributed by atoms with Gasteiger partial charge >= 0.3 is 0 Å². The maximum atomic E-state index is 13.9. The van der Waals surface area contributed by atoms with Crippen LogP contribution in [0.2, 0.25) is 0 Å². The second-order valence-corrected chi connectivity index (χ2v) is 6.11. The van der Waals surface area contributed by atoms with Gasteiger partial charge in [0.1, 0.15) is 17.5 Å². The Morgan fingerprint density at radius 3 is 2.71 bits per heavy atom. The molecule has 0 N–H and O–H groups in total. The van der Waals surface area contributed by atoms with Crippen molar-refractivity contribution >= 4 is 45.2 Å². The van der Waals surface area contributed by atoms with E-state index in [0.29, 0.717) is 26.1 Å². The predicted molar refractivity (Wildman–Crippen MR) is 88.0 cm³/mol. The Hall–Kier alpha value is -1.21. The summed E-state index contributed by atoms with van der Waals surface area (Å²) in [5.74, 6) is 0.0215. The minimum absolute atomic E-state index is 0.156. The number of hydrogen-bond acceptors (Lipinski definition) is 1. The third-order valence-electron chi connectivity index (χ3n) is 3.30. The van der Waals surface area contributed by atoms with Crippen LogP contribution in [0, 0.1) is 22.1 Å². The molecule has 0 fully saturated rings. The lowest BCUT2D eigenvalue weighted by molar-refractivity contribution is 0.621. The van der Waals surface area contributed by atoms with Gasteiger partial charge in [-0.1, -0.05) is 6.07 Å². The Kier molecular flexibility index (Phi) is 3.88. The van der Waals surface area contributed by atoms with E-state index in [1.165, 1.54) is 18.2 Å². The maximum Gasteiger partial charge on any atom is 0.138 e. The van der Waals surface area contributed by atoms with Gasteiger partial charge in [-0.2, -0.15) is 0 Å². The molecule has 2 nitrogen and oxygen atoms in total. The second kappa shape index (κ2) is 5.53. The summed E-state index contributed by atoms with van der Waals surface area (Å²) in [6.07, 6.45) is 0. The molecule has 0 aliphatic rings. The van der Waals surface area contributed by atoms with Gasteiger partial charge in [-0.25, -0.2) is 13.8 Å². The molecule has 2 aromatic carbocycles. The molecular weight excluding hydrogens is 409 g/mol. The van der Waals surface area contributed by atoms with E-state index in [2.05, 4.69) is 4.98 Å². The molecular formula is C15H10ClF2IN2. The lowest BCUT2D eigenvalue weighted by Crippen LogP contribution is -2.02. The maximum absolute atomic E-state index is 13.9. The van der Waals surface area contributed by atoms with Crippen molar-refractivity contribution < 1.29 is 8.78 Å². The number of nitrogens with zero attached hydrogens (tertiary/aromatic N) is 2. The van der Waals surface area contributed by atoms with Crippen molar-refractivity contribution in [1.82, 2.24) is 9.55 Å². The highest BCUT2D eigenvalue weighted by Crippen LogP contribution is 2.27. The molecule has 0 radical (unpaired) electrons. The number of benzene rings is 2. The van der Waals surface area contributed by atoms with E-state index in [0.717, 1.165) is 5.56 Å². The number of halogens is 4. The quantitative estimate of drug-likeness (QED) is 0.425. The van der Waals surface area contributed by atoms with Gasteiger partial charge < -0.3 is 0 Å². The van der Waals surface area contributed by atoms with Crippen LogP contribution in [0.3, 0.4) is 0 Å². The predicted octanol–water partition coefficient (Wildman–Crippen LogP) is 4.96. The molecule has 108 valence electrons. The molecule has 3 rings (SSSR count). The van der Waals surface area contributed by atoms with Crippen LogP contribution in [0.4, 0.5) is 8.78 Å². The summed E-state index contributed by atoms with van der Waals surface area (Å²) in [5, 5.41) is 0. The normalized spacial score (nSPS) is 11.3. The standard InChI is InChI=1S/C15H10ClF2IN2/c1-8-2-3-9(17)4-13(8)21-14-5-10(18)11(19)6-12(14)20-15(21)7-16/h2-6H,7H2,1H3. The van der Waals surface area contributed by atoms with Gasteiger partial charge in [0, 0.05) is 6.07 Å². The molecule has 0 spiro atoms. The molecule has 21 heavy (non-hydrogen) atoms. The van der Waals surface area contributed by atoms with Crippen molar-refractivity contribution in [3.05, 3.63) is 56.9 Å². The highest BCUT2D eigenvalue weighted by atomic mass is 127. The molecule has 0 bridgehead atoms. The molecule has 0 aliphatic carbocycles.